The number of nitrogens with one attached hydrogen (secondary N) is 3. The third kappa shape index (κ3) is 11.5. The van der Waals surface area contributed by atoms with Gasteiger partial charge in [-0.15, -0.1) is 0 Å². The van der Waals surface area contributed by atoms with Crippen molar-refractivity contribution >= 4 is 12.0 Å². The van der Waals surface area contributed by atoms with Crippen LogP contribution >= 0.6 is 0 Å². The summed E-state index contributed by atoms with van der Waals surface area (Å²) in [6.45, 7) is 19.9. The minimum Gasteiger partial charge on any atom is -0.444 e. The molecule has 0 aliphatic rings. The molecule has 0 heterocycles. The highest BCUT2D eigenvalue weighted by molar-refractivity contribution is 5.94. The fraction of sp³-hybridized carbons (Fsp3) is 0.314. The number of rotatable bonds is 11. The Bertz CT molecular complexity index is 1370. The van der Waals surface area contributed by atoms with Gasteiger partial charge in [0, 0.05) is 35.5 Å². The fourth-order valence-electron chi connectivity index (χ4n) is 4.04. The Morgan fingerprint density at radius 3 is 2.07 bits per heavy atom. The summed E-state index contributed by atoms with van der Waals surface area (Å²) in [4.78, 5) is 25.4. The van der Waals surface area contributed by atoms with Crippen molar-refractivity contribution in [2.45, 2.75) is 65.3 Å². The van der Waals surface area contributed by atoms with Gasteiger partial charge in [-0.25, -0.2) is 4.79 Å². The smallest absolute Gasteiger partial charge is 0.408 e. The molecule has 0 aliphatic carbocycles. The molecule has 2 amide bonds. The molecule has 0 fully saturated rings. The molecule has 5 N–H and O–H groups in total. The predicted molar refractivity (Wildman–Crippen MR) is 172 cm³/mol. The molecule has 0 bridgehead atoms. The lowest BCUT2D eigenvalue weighted by atomic mass is 9.92. The minimum absolute atomic E-state index is 0.205. The molecule has 0 saturated heterocycles. The molecule has 7 nitrogen and oxygen atoms in total. The number of carbonyl (C=O) groups is 2. The quantitative estimate of drug-likeness (QED) is 0.204. The first kappa shape index (κ1) is 33.7. The summed E-state index contributed by atoms with van der Waals surface area (Å²) in [5, 5.41) is 9.08. The van der Waals surface area contributed by atoms with E-state index in [2.05, 4.69) is 59.2 Å². The van der Waals surface area contributed by atoms with Crippen molar-refractivity contribution < 1.29 is 14.3 Å². The van der Waals surface area contributed by atoms with Gasteiger partial charge in [-0.05, 0) is 89.1 Å². The van der Waals surface area contributed by atoms with Crippen LogP contribution in [0.3, 0.4) is 0 Å². The number of allylic oxidation sites excluding steroid dienone is 3. The van der Waals surface area contributed by atoms with Crippen molar-refractivity contribution in [3.63, 3.8) is 0 Å². The van der Waals surface area contributed by atoms with Crippen molar-refractivity contribution in [1.29, 1.82) is 0 Å². The molecule has 0 aliphatic heterocycles. The first-order valence-corrected chi connectivity index (χ1v) is 13.9. The Balaban J connectivity index is 2.00. The summed E-state index contributed by atoms with van der Waals surface area (Å²) < 4.78 is 5.35. The van der Waals surface area contributed by atoms with Crippen LogP contribution in [-0.2, 0) is 11.3 Å². The van der Waals surface area contributed by atoms with Gasteiger partial charge in [-0.3, -0.25) is 4.79 Å². The zero-order valence-corrected chi connectivity index (χ0v) is 25.6. The van der Waals surface area contributed by atoms with Gasteiger partial charge in [0.1, 0.15) is 5.60 Å². The van der Waals surface area contributed by atoms with Gasteiger partial charge in [0.15, 0.2) is 0 Å². The maximum Gasteiger partial charge on any atom is 0.408 e. The lowest BCUT2D eigenvalue weighted by Crippen LogP contribution is -2.61. The number of hydrogen-bond donors (Lipinski definition) is 4. The summed E-state index contributed by atoms with van der Waals surface area (Å²) in [6.07, 6.45) is 7.24. The first-order valence-electron chi connectivity index (χ1n) is 13.9. The second kappa shape index (κ2) is 15.5. The minimum atomic E-state index is -0.960. The number of alkyl carbamates (subject to hydrolysis) is 1. The molecule has 0 spiro atoms. The van der Waals surface area contributed by atoms with E-state index < -0.39 is 23.3 Å². The standard InChI is InChI=1S/C35H44N4O3/c1-9-11-28(12-10-2)23-37-24-29-17-15-26(16-18-29)13-14-27-19-21-30(22-20-27)32(40)38-31(25(3)36)35(7,8)39-33(41)42-34(4,5)6/h9-12,15-22,31,37H,1,3,23-24,36H2,2,4-8H3,(H,38,40)(H,39,41)/b12-10-,28-11+. The van der Waals surface area contributed by atoms with Gasteiger partial charge < -0.3 is 26.4 Å². The van der Waals surface area contributed by atoms with Crippen LogP contribution in [0.1, 0.15) is 68.6 Å². The summed E-state index contributed by atoms with van der Waals surface area (Å²) in [5.41, 5.74) is 9.02. The molecular formula is C35H44N4O3. The number of nitrogens with two attached hydrogens (primary N) is 1. The number of carbonyl (C=O) groups excluding carboxylic acids is 2. The summed E-state index contributed by atoms with van der Waals surface area (Å²) in [6, 6.07) is 14.3. The number of hydrogen-bond acceptors (Lipinski definition) is 5. The molecule has 2 aromatic rings. The average Bonchev–Trinajstić information content (AvgIpc) is 2.90. The van der Waals surface area contributed by atoms with Crippen LogP contribution in [0.2, 0.25) is 0 Å². The van der Waals surface area contributed by atoms with Crippen LogP contribution in [-0.4, -0.2) is 35.7 Å². The molecule has 7 heteroatoms. The van der Waals surface area contributed by atoms with Crippen molar-refractivity contribution in [2.75, 3.05) is 6.54 Å². The van der Waals surface area contributed by atoms with E-state index in [4.69, 9.17) is 10.5 Å². The molecule has 2 rings (SSSR count). The Kier molecular flexibility index (Phi) is 12.4. The van der Waals surface area contributed by atoms with E-state index in [0.29, 0.717) is 5.56 Å². The van der Waals surface area contributed by atoms with Gasteiger partial charge in [-0.1, -0.05) is 61.4 Å². The van der Waals surface area contributed by atoms with Crippen molar-refractivity contribution in [3.05, 3.63) is 120 Å². The Morgan fingerprint density at radius 2 is 1.57 bits per heavy atom. The molecule has 0 aromatic heterocycles. The first-order chi connectivity index (χ1) is 19.7. The van der Waals surface area contributed by atoms with Gasteiger partial charge >= 0.3 is 6.09 Å². The fourth-order valence-corrected chi connectivity index (χ4v) is 4.04. The highest BCUT2D eigenvalue weighted by Crippen LogP contribution is 2.17. The summed E-state index contributed by atoms with van der Waals surface area (Å²) >= 11 is 0. The van der Waals surface area contributed by atoms with E-state index in [1.54, 1.807) is 65.0 Å². The number of benzene rings is 2. The van der Waals surface area contributed by atoms with Crippen LogP contribution in [0.5, 0.6) is 0 Å². The van der Waals surface area contributed by atoms with E-state index >= 15 is 0 Å². The molecule has 0 radical (unpaired) electrons. The lowest BCUT2D eigenvalue weighted by Gasteiger charge is -2.36. The van der Waals surface area contributed by atoms with Crippen molar-refractivity contribution in [2.24, 2.45) is 5.73 Å². The topological polar surface area (TPSA) is 105 Å². The van der Waals surface area contributed by atoms with Gasteiger partial charge in [0.2, 0.25) is 0 Å². The SMILES string of the molecule is C=C/C=C(\C=C/C)CNCc1ccc(C#Cc2ccc(C(=O)NC(C(=C)N)C(C)(C)NC(=O)OC(C)(C)C)cc2)cc1. The molecule has 42 heavy (non-hydrogen) atoms. The predicted octanol–water partition coefficient (Wildman–Crippen LogP) is 5.74. The summed E-state index contributed by atoms with van der Waals surface area (Å²) in [5.74, 6) is 5.95. The van der Waals surface area contributed by atoms with E-state index in [-0.39, 0.29) is 11.6 Å². The van der Waals surface area contributed by atoms with Crippen LogP contribution < -0.4 is 21.7 Å². The molecule has 2 aromatic carbocycles. The lowest BCUT2D eigenvalue weighted by molar-refractivity contribution is 0.0452. The van der Waals surface area contributed by atoms with Crippen molar-refractivity contribution in [3.8, 4) is 11.8 Å². The normalized spacial score (nSPS) is 12.6. The Morgan fingerprint density at radius 1 is 1.00 bits per heavy atom. The Hall–Kier alpha value is -4.54. The zero-order valence-electron chi connectivity index (χ0n) is 25.6. The monoisotopic (exact) mass is 568 g/mol. The number of ether oxygens (including phenoxy) is 1. The highest BCUT2D eigenvalue weighted by Gasteiger charge is 2.35. The molecular weight excluding hydrogens is 524 g/mol. The molecule has 0 saturated carbocycles. The highest BCUT2D eigenvalue weighted by atomic mass is 16.6. The third-order valence-corrected chi connectivity index (χ3v) is 6.01. The van der Waals surface area contributed by atoms with Crippen LogP contribution in [0.25, 0.3) is 0 Å². The zero-order chi connectivity index (χ0) is 31.3. The van der Waals surface area contributed by atoms with Crippen molar-refractivity contribution in [1.82, 2.24) is 16.0 Å². The van der Waals surface area contributed by atoms with Gasteiger partial charge in [-0.2, -0.15) is 0 Å². The maximum atomic E-state index is 13.0. The van der Waals surface area contributed by atoms with E-state index in [1.165, 1.54) is 5.57 Å². The van der Waals surface area contributed by atoms with Crippen LogP contribution in [0.4, 0.5) is 4.79 Å². The van der Waals surface area contributed by atoms with E-state index in [9.17, 15) is 9.59 Å². The van der Waals surface area contributed by atoms with Crippen LogP contribution in [0.15, 0.2) is 97.3 Å². The molecule has 222 valence electrons. The third-order valence-electron chi connectivity index (χ3n) is 6.01. The Labute approximate surface area is 251 Å². The van der Waals surface area contributed by atoms with E-state index in [1.807, 2.05) is 31.2 Å². The summed E-state index contributed by atoms with van der Waals surface area (Å²) in [7, 11) is 0. The largest absolute Gasteiger partial charge is 0.444 e. The molecule has 1 unspecified atom stereocenters. The second-order valence-corrected chi connectivity index (χ2v) is 11.4. The number of amides is 2. The average molecular weight is 569 g/mol. The second-order valence-electron chi connectivity index (χ2n) is 11.4. The maximum absolute atomic E-state index is 13.0. The van der Waals surface area contributed by atoms with E-state index in [0.717, 1.165) is 29.8 Å². The molecule has 1 atom stereocenters. The van der Waals surface area contributed by atoms with Crippen LogP contribution in [0, 0.1) is 11.8 Å². The van der Waals surface area contributed by atoms with Gasteiger partial charge in [0.05, 0.1) is 11.6 Å². The van der Waals surface area contributed by atoms with Gasteiger partial charge in [0.25, 0.3) is 5.91 Å².